The molecular weight excluding hydrogens is 570 g/mol. The van der Waals surface area contributed by atoms with Gasteiger partial charge in [-0.15, -0.1) is 0 Å². The Hall–Kier alpha value is -3.32. The largest absolute Gasteiger partial charge is 0.375 e. The summed E-state index contributed by atoms with van der Waals surface area (Å²) >= 11 is 0. The van der Waals surface area contributed by atoms with E-state index in [0.29, 0.717) is 39.0 Å². The Morgan fingerprint density at radius 3 is 1.48 bits per heavy atom. The van der Waals surface area contributed by atoms with E-state index in [2.05, 4.69) is 114 Å². The van der Waals surface area contributed by atoms with Crippen LogP contribution in [0.2, 0.25) is 0 Å². The summed E-state index contributed by atoms with van der Waals surface area (Å²) in [5.74, 6) is 0.678. The van der Waals surface area contributed by atoms with Gasteiger partial charge >= 0.3 is 0 Å². The van der Waals surface area contributed by atoms with E-state index in [1.807, 2.05) is 12.1 Å². The fraction of sp³-hybridized carbons (Fsp3) is 0.415. The number of rotatable bonds is 15. The summed E-state index contributed by atoms with van der Waals surface area (Å²) in [6.07, 6.45) is 5.90. The van der Waals surface area contributed by atoms with E-state index in [0.717, 1.165) is 24.2 Å². The Kier molecular flexibility index (Phi) is 12.4. The third-order valence-electron chi connectivity index (χ3n) is 9.45. The van der Waals surface area contributed by atoms with Crippen molar-refractivity contribution < 1.29 is 18.9 Å². The van der Waals surface area contributed by atoms with Crippen molar-refractivity contribution >= 4 is 0 Å². The van der Waals surface area contributed by atoms with E-state index in [4.69, 9.17) is 18.9 Å². The predicted octanol–water partition coefficient (Wildman–Crippen LogP) is 8.22. The lowest BCUT2D eigenvalue weighted by Crippen LogP contribution is -2.65. The molecule has 5 heteroatoms. The molecule has 4 atom stereocenters. The Morgan fingerprint density at radius 2 is 0.957 bits per heavy atom. The molecule has 1 aliphatic carbocycles. The highest BCUT2D eigenvalue weighted by atomic mass is 16.6. The number of nitrogens with zero attached hydrogens (tertiary/aromatic N) is 1. The van der Waals surface area contributed by atoms with Crippen LogP contribution in [0, 0.1) is 5.92 Å². The molecule has 6 rings (SSSR count). The molecule has 1 saturated heterocycles. The summed E-state index contributed by atoms with van der Waals surface area (Å²) in [6, 6.07) is 41.8. The van der Waals surface area contributed by atoms with Gasteiger partial charge in [0, 0.05) is 13.1 Å². The lowest BCUT2D eigenvalue weighted by molar-refractivity contribution is -0.212. The van der Waals surface area contributed by atoms with Gasteiger partial charge in [-0.25, -0.2) is 0 Å². The maximum absolute atomic E-state index is 6.96. The summed E-state index contributed by atoms with van der Waals surface area (Å²) in [4.78, 5) is 2.62. The standard InChI is InChI=1S/C41H49NO4/c1-6-16-33(17-7-1)26-42-27-39(44-29-35-20-10-3-11-21-35)41(46-31-37-24-14-5-15-25-37)40(45-30-36-22-12-4-13-23-36)38(42)32-43-28-34-18-8-2-9-19-34/h2-5,8-15,18-25,33,38-41H,1,6-7,16-17,26-32H2/t38-,39-,40+,41+/m0/s1. The van der Waals surface area contributed by atoms with Crippen molar-refractivity contribution in [2.45, 2.75) is 82.9 Å². The van der Waals surface area contributed by atoms with E-state index in [9.17, 15) is 0 Å². The molecule has 0 amide bonds. The van der Waals surface area contributed by atoms with Gasteiger partial charge in [0.1, 0.15) is 12.2 Å². The quantitative estimate of drug-likeness (QED) is 0.134. The van der Waals surface area contributed by atoms with Crippen LogP contribution in [0.25, 0.3) is 0 Å². The van der Waals surface area contributed by atoms with Crippen LogP contribution in [0.5, 0.6) is 0 Å². The zero-order chi connectivity index (χ0) is 31.2. The van der Waals surface area contributed by atoms with Crippen molar-refractivity contribution in [1.29, 1.82) is 0 Å². The molecule has 0 radical (unpaired) electrons. The van der Waals surface area contributed by atoms with Crippen LogP contribution in [-0.2, 0) is 45.4 Å². The average Bonchev–Trinajstić information content (AvgIpc) is 3.12. The van der Waals surface area contributed by atoms with Gasteiger partial charge in [-0.3, -0.25) is 4.90 Å². The highest BCUT2D eigenvalue weighted by Crippen LogP contribution is 2.32. The molecule has 0 N–H and O–H groups in total. The molecule has 4 aromatic rings. The molecular formula is C41H49NO4. The van der Waals surface area contributed by atoms with E-state index in [1.165, 1.54) is 43.2 Å². The maximum atomic E-state index is 6.96. The van der Waals surface area contributed by atoms with E-state index in [-0.39, 0.29) is 24.4 Å². The van der Waals surface area contributed by atoms with E-state index in [1.54, 1.807) is 0 Å². The first-order chi connectivity index (χ1) is 22.8. The predicted molar refractivity (Wildman–Crippen MR) is 183 cm³/mol. The van der Waals surface area contributed by atoms with Gasteiger partial charge in [-0.1, -0.05) is 141 Å². The lowest BCUT2D eigenvalue weighted by Gasteiger charge is -2.49. The number of benzene rings is 4. The zero-order valence-electron chi connectivity index (χ0n) is 27.0. The Labute approximate surface area is 275 Å². The Bertz CT molecular complexity index is 1380. The Balaban J connectivity index is 1.29. The fourth-order valence-electron chi connectivity index (χ4n) is 6.96. The number of hydrogen-bond acceptors (Lipinski definition) is 5. The fourth-order valence-corrected chi connectivity index (χ4v) is 6.96. The summed E-state index contributed by atoms with van der Waals surface area (Å²) < 4.78 is 27.2. The highest BCUT2D eigenvalue weighted by molar-refractivity contribution is 5.16. The van der Waals surface area contributed by atoms with Crippen molar-refractivity contribution in [3.8, 4) is 0 Å². The summed E-state index contributed by atoms with van der Waals surface area (Å²) in [5, 5.41) is 0. The van der Waals surface area contributed by atoms with Gasteiger partial charge < -0.3 is 18.9 Å². The summed E-state index contributed by atoms with van der Waals surface area (Å²) in [6.45, 7) is 4.50. The average molecular weight is 620 g/mol. The third-order valence-corrected chi connectivity index (χ3v) is 9.45. The molecule has 4 aromatic carbocycles. The monoisotopic (exact) mass is 619 g/mol. The van der Waals surface area contributed by atoms with Crippen LogP contribution in [0.15, 0.2) is 121 Å². The molecule has 5 nitrogen and oxygen atoms in total. The summed E-state index contributed by atoms with van der Waals surface area (Å²) in [5.41, 5.74) is 4.64. The van der Waals surface area contributed by atoms with Crippen molar-refractivity contribution in [2.75, 3.05) is 19.7 Å². The Morgan fingerprint density at radius 1 is 0.500 bits per heavy atom. The van der Waals surface area contributed by atoms with Crippen LogP contribution in [0.3, 0.4) is 0 Å². The van der Waals surface area contributed by atoms with Crippen molar-refractivity contribution in [3.05, 3.63) is 144 Å². The second kappa shape index (κ2) is 17.6. The molecule has 1 saturated carbocycles. The molecule has 1 heterocycles. The number of piperidine rings is 1. The minimum atomic E-state index is -0.263. The van der Waals surface area contributed by atoms with Gasteiger partial charge in [0.15, 0.2) is 0 Å². The molecule has 242 valence electrons. The van der Waals surface area contributed by atoms with Gasteiger partial charge in [-0.2, -0.15) is 0 Å². The highest BCUT2D eigenvalue weighted by Gasteiger charge is 2.46. The first-order valence-electron chi connectivity index (χ1n) is 17.1. The van der Waals surface area contributed by atoms with E-state index < -0.39 is 0 Å². The molecule has 0 bridgehead atoms. The molecule has 0 aromatic heterocycles. The first-order valence-corrected chi connectivity index (χ1v) is 17.1. The van der Waals surface area contributed by atoms with E-state index >= 15 is 0 Å². The van der Waals surface area contributed by atoms with Crippen LogP contribution in [-0.4, -0.2) is 49.0 Å². The van der Waals surface area contributed by atoms with Gasteiger partial charge in [0.25, 0.3) is 0 Å². The second-order valence-electron chi connectivity index (χ2n) is 12.9. The van der Waals surface area contributed by atoms with Crippen LogP contribution >= 0.6 is 0 Å². The third kappa shape index (κ3) is 9.60. The zero-order valence-corrected chi connectivity index (χ0v) is 27.0. The molecule has 46 heavy (non-hydrogen) atoms. The number of likely N-dealkylation sites (tertiary alicyclic amines) is 1. The smallest absolute Gasteiger partial charge is 0.113 e. The summed E-state index contributed by atoms with van der Waals surface area (Å²) in [7, 11) is 0. The SMILES string of the molecule is c1ccc(COC[C@H]2[C@@H](OCc3ccccc3)[C@H](OCc3ccccc3)[C@@H](OCc3ccccc3)CN2CC2CCCCC2)cc1. The normalized spacial score (nSPS) is 22.5. The molecule has 0 unspecified atom stereocenters. The maximum Gasteiger partial charge on any atom is 0.113 e. The van der Waals surface area contributed by atoms with Crippen molar-refractivity contribution in [1.82, 2.24) is 4.90 Å². The van der Waals surface area contributed by atoms with Crippen molar-refractivity contribution in [3.63, 3.8) is 0 Å². The topological polar surface area (TPSA) is 40.2 Å². The first kappa shape index (κ1) is 32.6. The molecule has 2 fully saturated rings. The molecule has 0 spiro atoms. The number of hydrogen-bond donors (Lipinski definition) is 0. The van der Waals surface area contributed by atoms with Crippen LogP contribution in [0.4, 0.5) is 0 Å². The van der Waals surface area contributed by atoms with Crippen LogP contribution in [0.1, 0.15) is 54.4 Å². The van der Waals surface area contributed by atoms with Crippen LogP contribution < -0.4 is 0 Å². The lowest BCUT2D eigenvalue weighted by atomic mass is 9.86. The van der Waals surface area contributed by atoms with Crippen molar-refractivity contribution in [2.24, 2.45) is 5.92 Å². The minimum Gasteiger partial charge on any atom is -0.375 e. The second-order valence-corrected chi connectivity index (χ2v) is 12.9. The van der Waals surface area contributed by atoms with Gasteiger partial charge in [0.2, 0.25) is 0 Å². The molecule has 2 aliphatic rings. The van der Waals surface area contributed by atoms with Gasteiger partial charge in [0.05, 0.1) is 45.2 Å². The van der Waals surface area contributed by atoms with Gasteiger partial charge in [-0.05, 0) is 41.0 Å². The minimum absolute atomic E-state index is 0.0340. The molecule has 1 aliphatic heterocycles. The number of ether oxygens (including phenoxy) is 4.